The molecule has 0 saturated carbocycles. The first-order chi connectivity index (χ1) is 6.65. The summed E-state index contributed by atoms with van der Waals surface area (Å²) >= 11 is 0. The van der Waals surface area contributed by atoms with Crippen LogP contribution >= 0.6 is 0 Å². The summed E-state index contributed by atoms with van der Waals surface area (Å²) < 4.78 is 82.5. The zero-order chi connectivity index (χ0) is 13.6. The van der Waals surface area contributed by atoms with Crippen LogP contribution in [-0.2, 0) is 0 Å². The maximum absolute atomic E-state index is 12.5. The summed E-state index contributed by atoms with van der Waals surface area (Å²) in [6, 6.07) is 0. The third kappa shape index (κ3) is 2.36. The van der Waals surface area contributed by atoms with Crippen LogP contribution in [0.25, 0.3) is 0 Å². The van der Waals surface area contributed by atoms with Gasteiger partial charge in [0.25, 0.3) is 11.6 Å². The van der Waals surface area contributed by atoms with Crippen LogP contribution in [0.15, 0.2) is 0 Å². The molecule has 0 aliphatic heterocycles. The van der Waals surface area contributed by atoms with Gasteiger partial charge in [-0.2, -0.15) is 26.3 Å². The summed E-state index contributed by atoms with van der Waals surface area (Å²) in [6.45, 7) is 0. The van der Waals surface area contributed by atoms with Crippen molar-refractivity contribution in [3.8, 4) is 0 Å². The van der Waals surface area contributed by atoms with Gasteiger partial charge in [-0.15, -0.1) is 0 Å². The van der Waals surface area contributed by atoms with E-state index in [0.29, 0.717) is 0 Å². The number of hydrogen-bond donors (Lipinski definition) is 4. The summed E-state index contributed by atoms with van der Waals surface area (Å²) in [6.07, 6.45) is -17.3. The molecule has 0 aromatic heterocycles. The highest BCUT2D eigenvalue weighted by molar-refractivity contribution is 4.95. The molecule has 0 aromatic rings. The maximum atomic E-state index is 12.5. The smallest absolute Gasteiger partial charge is 0.356 e. The maximum Gasteiger partial charge on any atom is 0.446 e. The molecule has 4 N–H and O–H groups in total. The summed E-state index contributed by atoms with van der Waals surface area (Å²) in [5.41, 5.74) is 0. The molecule has 0 atom stereocenters. The molecule has 0 fully saturated rings. The first kappa shape index (κ1) is 15.3. The lowest BCUT2D eigenvalue weighted by atomic mass is 10.0. The van der Waals surface area contributed by atoms with Gasteiger partial charge in [-0.1, -0.05) is 0 Å². The van der Waals surface area contributed by atoms with E-state index < -0.39 is 30.1 Å². The van der Waals surface area contributed by atoms with Crippen molar-refractivity contribution < 1.29 is 51.2 Å². The zero-order valence-electron chi connectivity index (χ0n) is 7.01. The lowest BCUT2D eigenvalue weighted by Crippen LogP contribution is -2.66. The van der Waals surface area contributed by atoms with E-state index in [1.165, 1.54) is 0 Å². The highest BCUT2D eigenvalue weighted by atomic mass is 19.4. The normalized spacial score (nSPS) is 15.8. The quantitative estimate of drug-likeness (QED) is 0.411. The van der Waals surface area contributed by atoms with Crippen molar-refractivity contribution >= 4 is 0 Å². The van der Waals surface area contributed by atoms with Crippen molar-refractivity contribution in [2.75, 3.05) is 0 Å². The van der Waals surface area contributed by atoms with Crippen molar-refractivity contribution in [3.63, 3.8) is 0 Å². The molecule has 0 saturated heterocycles. The molecule has 98 valence electrons. The second-order valence-corrected chi connectivity index (χ2v) is 2.81. The largest absolute Gasteiger partial charge is 0.446 e. The molecule has 0 spiro atoms. The van der Waals surface area contributed by atoms with Gasteiger partial charge in [-0.05, 0) is 0 Å². The summed E-state index contributed by atoms with van der Waals surface area (Å²) in [4.78, 5) is 0. The SMILES string of the molecule is OC(O)(C(F)C(O)(O)C(F)(F)F)C(F)(F)F. The Labute approximate surface area is 82.5 Å². The number of halogens is 7. The van der Waals surface area contributed by atoms with E-state index in [-0.39, 0.29) is 0 Å². The molecule has 0 amide bonds. The molecule has 0 rings (SSSR count). The van der Waals surface area contributed by atoms with Crippen LogP contribution in [0, 0.1) is 0 Å². The molecule has 0 aliphatic rings. The fourth-order valence-corrected chi connectivity index (χ4v) is 0.568. The predicted octanol–water partition coefficient (Wildman–Crippen LogP) is -0.189. The Morgan fingerprint density at radius 3 is 0.938 bits per heavy atom. The Morgan fingerprint density at radius 2 is 0.812 bits per heavy atom. The van der Waals surface area contributed by atoms with E-state index in [0.717, 1.165) is 0 Å². The van der Waals surface area contributed by atoms with Crippen LogP contribution in [0.1, 0.15) is 0 Å². The van der Waals surface area contributed by atoms with Crippen LogP contribution in [0.5, 0.6) is 0 Å². The molecule has 4 nitrogen and oxygen atoms in total. The average Bonchev–Trinajstić information content (AvgIpc) is 1.98. The third-order valence-corrected chi connectivity index (χ3v) is 1.54. The van der Waals surface area contributed by atoms with E-state index >= 15 is 0 Å². The number of alkyl halides is 7. The van der Waals surface area contributed by atoms with Gasteiger partial charge in [0.05, 0.1) is 0 Å². The first-order valence-corrected chi connectivity index (χ1v) is 3.32. The van der Waals surface area contributed by atoms with Gasteiger partial charge in [-0.25, -0.2) is 4.39 Å². The molecular formula is C5H5F7O4. The standard InChI is InChI=1S/C5H5F7O4/c6-1(2(13,14)4(7,8)9)3(15,16)5(10,11)12/h1,13-16H. The fraction of sp³-hybridized carbons (Fsp3) is 1.00. The predicted molar refractivity (Wildman–Crippen MR) is 31.3 cm³/mol. The number of rotatable bonds is 2. The Balaban J connectivity index is 5.30. The number of hydrogen-bond acceptors (Lipinski definition) is 4. The lowest BCUT2D eigenvalue weighted by Gasteiger charge is -2.35. The Hall–Kier alpha value is -0.650. The van der Waals surface area contributed by atoms with Crippen LogP contribution < -0.4 is 0 Å². The van der Waals surface area contributed by atoms with Gasteiger partial charge in [0.15, 0.2) is 0 Å². The molecule has 0 radical (unpaired) electrons. The summed E-state index contributed by atoms with van der Waals surface area (Å²) in [5, 5.41) is 32.2. The summed E-state index contributed by atoms with van der Waals surface area (Å²) in [5.74, 6) is -11.1. The van der Waals surface area contributed by atoms with Gasteiger partial charge >= 0.3 is 12.4 Å². The second-order valence-electron chi connectivity index (χ2n) is 2.81. The van der Waals surface area contributed by atoms with Crippen LogP contribution in [0.3, 0.4) is 0 Å². The van der Waals surface area contributed by atoms with E-state index in [1.807, 2.05) is 0 Å². The highest BCUT2D eigenvalue weighted by Gasteiger charge is 2.72. The van der Waals surface area contributed by atoms with Crippen LogP contribution in [-0.4, -0.2) is 50.5 Å². The molecule has 11 heteroatoms. The van der Waals surface area contributed by atoms with Crippen molar-refractivity contribution in [1.82, 2.24) is 0 Å². The molecule has 0 unspecified atom stereocenters. The monoisotopic (exact) mass is 262 g/mol. The molecule has 0 heterocycles. The molecule has 0 aliphatic carbocycles. The third-order valence-electron chi connectivity index (χ3n) is 1.54. The van der Waals surface area contributed by atoms with E-state index in [1.54, 1.807) is 0 Å². The minimum Gasteiger partial charge on any atom is -0.356 e. The topological polar surface area (TPSA) is 80.9 Å². The zero-order valence-corrected chi connectivity index (χ0v) is 7.01. The van der Waals surface area contributed by atoms with Gasteiger partial charge in [-0.3, -0.25) is 0 Å². The Kier molecular flexibility index (Phi) is 3.53. The van der Waals surface area contributed by atoms with Crippen LogP contribution in [0.2, 0.25) is 0 Å². The Bertz CT molecular complexity index is 228. The van der Waals surface area contributed by atoms with Gasteiger partial charge in [0.2, 0.25) is 6.17 Å². The van der Waals surface area contributed by atoms with Crippen molar-refractivity contribution in [1.29, 1.82) is 0 Å². The lowest BCUT2D eigenvalue weighted by molar-refractivity contribution is -0.442. The minimum absolute atomic E-state index is 4.85. The molecule has 0 aromatic carbocycles. The van der Waals surface area contributed by atoms with Gasteiger partial charge in [0.1, 0.15) is 0 Å². The van der Waals surface area contributed by atoms with Crippen molar-refractivity contribution in [3.05, 3.63) is 0 Å². The molecule has 16 heavy (non-hydrogen) atoms. The van der Waals surface area contributed by atoms with Gasteiger partial charge in [0, 0.05) is 0 Å². The van der Waals surface area contributed by atoms with Crippen LogP contribution in [0.4, 0.5) is 30.7 Å². The second kappa shape index (κ2) is 3.68. The van der Waals surface area contributed by atoms with E-state index in [9.17, 15) is 30.7 Å². The first-order valence-electron chi connectivity index (χ1n) is 3.32. The van der Waals surface area contributed by atoms with Crippen molar-refractivity contribution in [2.24, 2.45) is 0 Å². The highest BCUT2D eigenvalue weighted by Crippen LogP contribution is 2.41. The molecule has 0 bridgehead atoms. The molecular weight excluding hydrogens is 257 g/mol. The fourth-order valence-electron chi connectivity index (χ4n) is 0.568. The summed E-state index contributed by atoms with van der Waals surface area (Å²) in [7, 11) is 0. The Morgan fingerprint density at radius 1 is 0.625 bits per heavy atom. The van der Waals surface area contributed by atoms with E-state index in [2.05, 4.69) is 0 Å². The number of aliphatic hydroxyl groups is 4. The average molecular weight is 262 g/mol. The van der Waals surface area contributed by atoms with Gasteiger partial charge < -0.3 is 20.4 Å². The van der Waals surface area contributed by atoms with Crippen molar-refractivity contribution in [2.45, 2.75) is 30.1 Å². The minimum atomic E-state index is -6.24. The van der Waals surface area contributed by atoms with E-state index in [4.69, 9.17) is 20.4 Å².